The van der Waals surface area contributed by atoms with E-state index in [2.05, 4.69) is 6.58 Å². The van der Waals surface area contributed by atoms with Gasteiger partial charge in [0.1, 0.15) is 18.1 Å². The number of carbonyl (C=O) groups is 4. The summed E-state index contributed by atoms with van der Waals surface area (Å²) in [6.07, 6.45) is -4.83. The van der Waals surface area contributed by atoms with Gasteiger partial charge in [-0.3, -0.25) is 19.2 Å². The van der Waals surface area contributed by atoms with E-state index in [0.29, 0.717) is 0 Å². The highest BCUT2D eigenvalue weighted by Crippen LogP contribution is 2.34. The average molecular weight is 483 g/mol. The van der Waals surface area contributed by atoms with Crippen molar-refractivity contribution in [1.29, 1.82) is 0 Å². The van der Waals surface area contributed by atoms with Gasteiger partial charge in [-0.25, -0.2) is 8.42 Å². The molecule has 0 amide bonds. The summed E-state index contributed by atoms with van der Waals surface area (Å²) in [5, 5.41) is 0.820. The van der Waals surface area contributed by atoms with Crippen molar-refractivity contribution in [3.05, 3.63) is 12.0 Å². The molecule has 1 aliphatic heterocycles. The molecule has 0 spiro atoms. The van der Waals surface area contributed by atoms with Crippen molar-refractivity contribution in [3.63, 3.8) is 0 Å². The molecule has 1 fully saturated rings. The van der Waals surface area contributed by atoms with Gasteiger partial charge in [-0.1, -0.05) is 6.58 Å². The molecule has 1 rings (SSSR count). The Bertz CT molecular complexity index is 792. The normalized spacial score (nSPS) is 25.7. The average Bonchev–Trinajstić information content (AvgIpc) is 2.63. The number of rotatable bonds is 10. The Morgan fingerprint density at radius 2 is 1.42 bits per heavy atom. The van der Waals surface area contributed by atoms with Crippen LogP contribution in [0.5, 0.6) is 0 Å². The molecule has 0 aliphatic carbocycles. The third kappa shape index (κ3) is 9.27. The summed E-state index contributed by atoms with van der Waals surface area (Å²) in [6.45, 7) is 7.42. The van der Waals surface area contributed by atoms with Gasteiger partial charge >= 0.3 is 23.9 Å². The van der Waals surface area contributed by atoms with Gasteiger partial charge in [-0.2, -0.15) is 0 Å². The largest absolute Gasteiger partial charge is 0.463 e. The predicted molar refractivity (Wildman–Crippen MR) is 108 cm³/mol. The van der Waals surface area contributed by atoms with E-state index in [1.54, 1.807) is 0 Å². The fraction of sp³-hybridized carbons (Fsp3) is 0.667. The van der Waals surface area contributed by atoms with Crippen LogP contribution in [0.3, 0.4) is 0 Å². The van der Waals surface area contributed by atoms with Crippen molar-refractivity contribution < 1.29 is 51.3 Å². The Labute approximate surface area is 184 Å². The molecule has 176 valence electrons. The molecule has 0 bridgehead atoms. The molecule has 1 saturated heterocycles. The van der Waals surface area contributed by atoms with Gasteiger partial charge in [0.05, 0.1) is 5.75 Å². The van der Waals surface area contributed by atoms with Gasteiger partial charge in [0.15, 0.2) is 28.1 Å². The number of thioether (sulfide) groups is 1. The third-order valence-corrected chi connectivity index (χ3v) is 6.54. The van der Waals surface area contributed by atoms with Gasteiger partial charge in [0.25, 0.3) is 0 Å². The zero-order valence-electron chi connectivity index (χ0n) is 17.6. The Morgan fingerprint density at radius 1 is 0.903 bits per heavy atom. The van der Waals surface area contributed by atoms with Crippen LogP contribution < -0.4 is 0 Å². The fourth-order valence-corrected chi connectivity index (χ4v) is 5.02. The molecule has 0 unspecified atom stereocenters. The summed E-state index contributed by atoms with van der Waals surface area (Å²) in [6, 6.07) is 0. The van der Waals surface area contributed by atoms with Crippen LogP contribution in [0.1, 0.15) is 27.7 Å². The second-order valence-corrected chi connectivity index (χ2v) is 9.75. The Morgan fingerprint density at radius 3 is 1.90 bits per heavy atom. The van der Waals surface area contributed by atoms with Crippen molar-refractivity contribution in [2.24, 2.45) is 0 Å². The number of carbonyl (C=O) groups excluding carboxylic acids is 4. The number of hydrogen-bond donors (Lipinski definition) is 0. The van der Waals surface area contributed by atoms with Crippen LogP contribution >= 0.6 is 11.8 Å². The van der Waals surface area contributed by atoms with Crippen molar-refractivity contribution in [1.82, 2.24) is 0 Å². The minimum Gasteiger partial charge on any atom is -0.463 e. The number of sulfone groups is 1. The van der Waals surface area contributed by atoms with Crippen LogP contribution in [0, 0.1) is 0 Å². The number of ether oxygens (including phenoxy) is 5. The van der Waals surface area contributed by atoms with Crippen LogP contribution in [-0.4, -0.2) is 80.3 Å². The second-order valence-electron chi connectivity index (χ2n) is 6.47. The molecule has 0 radical (unpaired) electrons. The van der Waals surface area contributed by atoms with E-state index >= 15 is 0 Å². The van der Waals surface area contributed by atoms with Gasteiger partial charge in [-0.15, -0.1) is 11.8 Å². The highest BCUT2D eigenvalue weighted by atomic mass is 32.2. The van der Waals surface area contributed by atoms with Crippen LogP contribution in [-0.2, 0) is 52.7 Å². The van der Waals surface area contributed by atoms with Gasteiger partial charge < -0.3 is 23.7 Å². The molecule has 0 saturated carbocycles. The summed E-state index contributed by atoms with van der Waals surface area (Å²) < 4.78 is 50.0. The first-order valence-electron chi connectivity index (χ1n) is 9.13. The highest BCUT2D eigenvalue weighted by molar-refractivity contribution is 8.01. The monoisotopic (exact) mass is 482 g/mol. The number of hydrogen-bond acceptors (Lipinski definition) is 12. The minimum atomic E-state index is -3.50. The molecular formula is C18H26O11S2. The van der Waals surface area contributed by atoms with E-state index in [4.69, 9.17) is 23.7 Å². The van der Waals surface area contributed by atoms with E-state index < -0.39 is 63.6 Å². The molecule has 1 heterocycles. The summed E-state index contributed by atoms with van der Waals surface area (Å²) >= 11 is 0.981. The smallest absolute Gasteiger partial charge is 0.303 e. The highest BCUT2D eigenvalue weighted by Gasteiger charge is 2.52. The lowest BCUT2D eigenvalue weighted by Gasteiger charge is -2.44. The van der Waals surface area contributed by atoms with E-state index in [9.17, 15) is 27.6 Å². The molecule has 5 atom stereocenters. The Balaban J connectivity index is 3.25. The molecule has 0 aromatic heterocycles. The summed E-state index contributed by atoms with van der Waals surface area (Å²) in [5.74, 6) is -3.07. The SMILES string of the molecule is C=CS(=O)(=O)CCS[C@@H]1O[C@H](COC(C)=O)[C@H](OC(C)=O)[C@H](OC(C)=O)[C@H]1OC(C)=O. The summed E-state index contributed by atoms with van der Waals surface area (Å²) in [7, 11) is -3.50. The first-order chi connectivity index (χ1) is 14.4. The van der Waals surface area contributed by atoms with E-state index in [0.717, 1.165) is 37.9 Å². The van der Waals surface area contributed by atoms with Gasteiger partial charge in [-0.05, 0) is 0 Å². The van der Waals surface area contributed by atoms with Crippen LogP contribution in [0.25, 0.3) is 0 Å². The molecule has 1 aliphatic rings. The van der Waals surface area contributed by atoms with E-state index in [-0.39, 0.29) is 18.1 Å². The van der Waals surface area contributed by atoms with Crippen molar-refractivity contribution in [2.45, 2.75) is 57.5 Å². The Kier molecular flexibility index (Phi) is 10.5. The van der Waals surface area contributed by atoms with Crippen LogP contribution in [0.2, 0.25) is 0 Å². The Hall–Kier alpha value is -2.12. The lowest BCUT2D eigenvalue weighted by molar-refractivity contribution is -0.237. The topological polar surface area (TPSA) is 149 Å². The summed E-state index contributed by atoms with van der Waals surface area (Å²) in [4.78, 5) is 46.3. The molecule has 31 heavy (non-hydrogen) atoms. The zero-order valence-corrected chi connectivity index (χ0v) is 19.2. The standard InChI is InChI=1S/C18H26O11S2/c1-6-31(23,24)8-7-30-18-17(28-13(5)22)16(27-12(4)21)15(26-11(3)20)14(29-18)9-25-10(2)19/h6,14-18H,1,7-9H2,2-5H3/t14-,15+,16+,17-,18+/m1/s1. The molecule has 11 nitrogen and oxygen atoms in total. The zero-order chi connectivity index (χ0) is 23.8. The van der Waals surface area contributed by atoms with Crippen LogP contribution in [0.4, 0.5) is 0 Å². The maximum absolute atomic E-state index is 11.7. The summed E-state index contributed by atoms with van der Waals surface area (Å²) in [5.41, 5.74) is -1.01. The van der Waals surface area contributed by atoms with Crippen LogP contribution in [0.15, 0.2) is 12.0 Å². The molecule has 0 N–H and O–H groups in total. The minimum absolute atomic E-state index is 0.0299. The lowest BCUT2D eigenvalue weighted by Crippen LogP contribution is -2.61. The third-order valence-electron chi connectivity index (χ3n) is 3.85. The predicted octanol–water partition coefficient (Wildman–Crippen LogP) is 0.361. The van der Waals surface area contributed by atoms with Gasteiger partial charge in [0, 0.05) is 38.9 Å². The van der Waals surface area contributed by atoms with Crippen molar-refractivity contribution in [3.8, 4) is 0 Å². The molecule has 0 aromatic carbocycles. The van der Waals surface area contributed by atoms with E-state index in [1.165, 1.54) is 6.92 Å². The quantitative estimate of drug-likeness (QED) is 0.312. The lowest BCUT2D eigenvalue weighted by atomic mass is 9.99. The first kappa shape index (κ1) is 26.9. The first-order valence-corrected chi connectivity index (χ1v) is 11.9. The van der Waals surface area contributed by atoms with Crippen molar-refractivity contribution >= 4 is 45.5 Å². The van der Waals surface area contributed by atoms with Crippen molar-refractivity contribution in [2.75, 3.05) is 18.1 Å². The fourth-order valence-electron chi connectivity index (χ4n) is 2.69. The van der Waals surface area contributed by atoms with Gasteiger partial charge in [0.2, 0.25) is 0 Å². The maximum atomic E-state index is 11.7. The molecule has 0 aromatic rings. The molecule has 13 heteroatoms. The number of esters is 4. The second kappa shape index (κ2) is 12.1. The maximum Gasteiger partial charge on any atom is 0.303 e. The molecular weight excluding hydrogens is 456 g/mol. The van der Waals surface area contributed by atoms with E-state index in [1.807, 2.05) is 0 Å².